The minimum absolute atomic E-state index is 0.146. The van der Waals surface area contributed by atoms with E-state index in [1.54, 1.807) is 25.1 Å². The fraction of sp³-hybridized carbons (Fsp3) is 0.0769. The maximum absolute atomic E-state index is 13.5. The summed E-state index contributed by atoms with van der Waals surface area (Å²) in [7, 11) is 0. The highest BCUT2D eigenvalue weighted by Gasteiger charge is 2.09. The van der Waals surface area contributed by atoms with Gasteiger partial charge in [-0.2, -0.15) is 5.26 Å². The Morgan fingerprint density at radius 3 is 2.78 bits per heavy atom. The van der Waals surface area contributed by atoms with E-state index in [4.69, 9.17) is 21.6 Å². The summed E-state index contributed by atoms with van der Waals surface area (Å²) in [4.78, 5) is 3.76. The molecule has 0 unspecified atom stereocenters. The van der Waals surface area contributed by atoms with Crippen molar-refractivity contribution in [2.24, 2.45) is 0 Å². The molecule has 0 aliphatic carbocycles. The van der Waals surface area contributed by atoms with E-state index in [9.17, 15) is 4.39 Å². The smallest absolute Gasteiger partial charge is 0.255 e. The predicted molar refractivity (Wildman–Crippen MR) is 65.2 cm³/mol. The molecule has 0 spiro atoms. The molecule has 0 saturated heterocycles. The molecule has 0 aliphatic heterocycles. The van der Waals surface area contributed by atoms with E-state index in [1.807, 2.05) is 6.07 Å². The lowest BCUT2D eigenvalue weighted by Crippen LogP contribution is -1.94. The van der Waals surface area contributed by atoms with Crippen LogP contribution in [-0.2, 0) is 0 Å². The van der Waals surface area contributed by atoms with Crippen LogP contribution in [0.2, 0.25) is 5.02 Å². The molecule has 1 aromatic carbocycles. The Kier molecular flexibility index (Phi) is 3.45. The monoisotopic (exact) mass is 262 g/mol. The first-order chi connectivity index (χ1) is 8.60. The molecule has 2 rings (SSSR count). The molecule has 2 aromatic rings. The van der Waals surface area contributed by atoms with E-state index < -0.39 is 5.82 Å². The second-order valence-corrected chi connectivity index (χ2v) is 4.07. The fourth-order valence-electron chi connectivity index (χ4n) is 1.41. The Bertz CT molecular complexity index is 637. The number of halogens is 2. The minimum atomic E-state index is -0.633. The first-order valence-electron chi connectivity index (χ1n) is 5.10. The van der Waals surface area contributed by atoms with Crippen molar-refractivity contribution in [1.82, 2.24) is 4.98 Å². The molecular weight excluding hydrogens is 255 g/mol. The van der Waals surface area contributed by atoms with Crippen molar-refractivity contribution in [3.63, 3.8) is 0 Å². The van der Waals surface area contributed by atoms with E-state index in [1.165, 1.54) is 6.20 Å². The number of rotatable bonds is 2. The van der Waals surface area contributed by atoms with Crippen molar-refractivity contribution in [1.29, 1.82) is 5.26 Å². The summed E-state index contributed by atoms with van der Waals surface area (Å²) < 4.78 is 18.8. The highest BCUT2D eigenvalue weighted by molar-refractivity contribution is 6.30. The van der Waals surface area contributed by atoms with Crippen LogP contribution < -0.4 is 4.74 Å². The van der Waals surface area contributed by atoms with Crippen LogP contribution in [0.3, 0.4) is 0 Å². The van der Waals surface area contributed by atoms with E-state index in [0.29, 0.717) is 11.3 Å². The Labute approximate surface area is 108 Å². The fourth-order valence-corrected chi connectivity index (χ4v) is 1.56. The maximum atomic E-state index is 13.5. The summed E-state index contributed by atoms with van der Waals surface area (Å²) in [5.41, 5.74) is 1.24. The summed E-state index contributed by atoms with van der Waals surface area (Å²) >= 11 is 5.60. The van der Waals surface area contributed by atoms with E-state index in [2.05, 4.69) is 4.98 Å². The second-order valence-electron chi connectivity index (χ2n) is 3.63. The molecule has 18 heavy (non-hydrogen) atoms. The number of aryl methyl sites for hydroxylation is 1. The van der Waals surface area contributed by atoms with Gasteiger partial charge in [0.1, 0.15) is 5.75 Å². The first kappa shape index (κ1) is 12.3. The minimum Gasteiger partial charge on any atom is -0.436 e. The molecule has 0 atom stereocenters. The van der Waals surface area contributed by atoms with Crippen LogP contribution in [0.5, 0.6) is 11.6 Å². The van der Waals surface area contributed by atoms with Gasteiger partial charge in [0.2, 0.25) is 0 Å². The Hall–Kier alpha value is -2.12. The molecule has 0 amide bonds. The molecule has 0 bridgehead atoms. The summed E-state index contributed by atoms with van der Waals surface area (Å²) in [5.74, 6) is -0.332. The highest BCUT2D eigenvalue weighted by atomic mass is 35.5. The average Bonchev–Trinajstić information content (AvgIpc) is 2.34. The number of nitriles is 1. The van der Waals surface area contributed by atoms with Crippen LogP contribution in [0.1, 0.15) is 11.1 Å². The third-order valence-electron chi connectivity index (χ3n) is 2.28. The van der Waals surface area contributed by atoms with Crippen LogP contribution in [0.15, 0.2) is 30.5 Å². The van der Waals surface area contributed by atoms with Gasteiger partial charge in [0.25, 0.3) is 5.88 Å². The normalized spacial score (nSPS) is 9.89. The zero-order valence-corrected chi connectivity index (χ0v) is 10.2. The maximum Gasteiger partial charge on any atom is 0.255 e. The summed E-state index contributed by atoms with van der Waals surface area (Å²) in [6, 6.07) is 7.99. The van der Waals surface area contributed by atoms with Gasteiger partial charge in [0.15, 0.2) is 5.82 Å². The van der Waals surface area contributed by atoms with Crippen molar-refractivity contribution in [2.45, 2.75) is 6.92 Å². The predicted octanol–water partition coefficient (Wildman–Crippen LogP) is 3.85. The zero-order chi connectivity index (χ0) is 13.1. The number of hydrogen-bond donors (Lipinski definition) is 0. The van der Waals surface area contributed by atoms with Gasteiger partial charge < -0.3 is 4.74 Å². The van der Waals surface area contributed by atoms with Gasteiger partial charge >= 0.3 is 0 Å². The SMILES string of the molecule is Cc1cc(C#N)ccc1Oc1ncc(Cl)cc1F. The molecular formula is C13H8ClFN2O. The molecule has 1 heterocycles. The molecule has 90 valence electrons. The number of pyridine rings is 1. The zero-order valence-electron chi connectivity index (χ0n) is 9.45. The van der Waals surface area contributed by atoms with Crippen LogP contribution in [0, 0.1) is 24.1 Å². The van der Waals surface area contributed by atoms with Gasteiger partial charge in [0.05, 0.1) is 16.7 Å². The number of hydrogen-bond acceptors (Lipinski definition) is 3. The Morgan fingerprint density at radius 1 is 1.39 bits per heavy atom. The number of benzene rings is 1. The highest BCUT2D eigenvalue weighted by Crippen LogP contribution is 2.27. The molecule has 0 saturated carbocycles. The van der Waals surface area contributed by atoms with Crippen LogP contribution in [0.4, 0.5) is 4.39 Å². The number of ether oxygens (including phenoxy) is 1. The second kappa shape index (κ2) is 5.03. The lowest BCUT2D eigenvalue weighted by atomic mass is 10.1. The standard InChI is InChI=1S/C13H8ClFN2O/c1-8-4-9(6-16)2-3-12(8)18-13-11(15)5-10(14)7-17-13/h2-5,7H,1H3. The summed E-state index contributed by atoms with van der Waals surface area (Å²) in [6.07, 6.45) is 1.30. The summed E-state index contributed by atoms with van der Waals surface area (Å²) in [5, 5.41) is 8.94. The lowest BCUT2D eigenvalue weighted by Gasteiger charge is -2.08. The Morgan fingerprint density at radius 2 is 2.17 bits per heavy atom. The van der Waals surface area contributed by atoms with Gasteiger partial charge in [-0.3, -0.25) is 0 Å². The van der Waals surface area contributed by atoms with E-state index in [-0.39, 0.29) is 10.9 Å². The lowest BCUT2D eigenvalue weighted by molar-refractivity contribution is 0.420. The van der Waals surface area contributed by atoms with Gasteiger partial charge in [-0.05, 0) is 36.8 Å². The van der Waals surface area contributed by atoms with E-state index >= 15 is 0 Å². The van der Waals surface area contributed by atoms with Crippen molar-refractivity contribution >= 4 is 11.6 Å². The van der Waals surface area contributed by atoms with Gasteiger partial charge in [-0.1, -0.05) is 11.6 Å². The van der Waals surface area contributed by atoms with Gasteiger partial charge in [0, 0.05) is 6.20 Å². The van der Waals surface area contributed by atoms with Crippen LogP contribution in [0.25, 0.3) is 0 Å². The average molecular weight is 263 g/mol. The van der Waals surface area contributed by atoms with Crippen molar-refractivity contribution in [3.05, 3.63) is 52.4 Å². The molecule has 0 N–H and O–H groups in total. The third kappa shape index (κ3) is 2.58. The quantitative estimate of drug-likeness (QED) is 0.826. The molecule has 1 aromatic heterocycles. The van der Waals surface area contributed by atoms with Gasteiger partial charge in [-0.25, -0.2) is 9.37 Å². The number of nitrogens with zero attached hydrogens (tertiary/aromatic N) is 2. The number of aromatic nitrogens is 1. The van der Waals surface area contributed by atoms with E-state index in [0.717, 1.165) is 11.6 Å². The molecule has 0 radical (unpaired) electrons. The third-order valence-corrected chi connectivity index (χ3v) is 2.49. The topological polar surface area (TPSA) is 45.9 Å². The largest absolute Gasteiger partial charge is 0.436 e. The van der Waals surface area contributed by atoms with Crippen LogP contribution in [-0.4, -0.2) is 4.98 Å². The van der Waals surface area contributed by atoms with Crippen LogP contribution >= 0.6 is 11.6 Å². The van der Waals surface area contributed by atoms with Crippen molar-refractivity contribution in [3.8, 4) is 17.7 Å². The Balaban J connectivity index is 2.32. The molecule has 5 heteroatoms. The molecule has 3 nitrogen and oxygen atoms in total. The van der Waals surface area contributed by atoms with Crippen molar-refractivity contribution in [2.75, 3.05) is 0 Å². The summed E-state index contributed by atoms with van der Waals surface area (Å²) in [6.45, 7) is 1.77. The molecule has 0 fully saturated rings. The van der Waals surface area contributed by atoms with Gasteiger partial charge in [-0.15, -0.1) is 0 Å². The first-order valence-corrected chi connectivity index (χ1v) is 5.47. The van der Waals surface area contributed by atoms with Crippen molar-refractivity contribution < 1.29 is 9.13 Å². The molecule has 0 aliphatic rings.